The van der Waals surface area contributed by atoms with Gasteiger partial charge in [0.2, 0.25) is 0 Å². The van der Waals surface area contributed by atoms with Crippen LogP contribution in [0, 0.1) is 0 Å². The van der Waals surface area contributed by atoms with Crippen molar-refractivity contribution in [2.75, 3.05) is 31.2 Å². The second-order valence-corrected chi connectivity index (χ2v) is 8.51. The van der Waals surface area contributed by atoms with Gasteiger partial charge in [0.25, 0.3) is 0 Å². The Morgan fingerprint density at radius 2 is 2.00 bits per heavy atom. The number of ether oxygens (including phenoxy) is 2. The van der Waals surface area contributed by atoms with E-state index in [0.29, 0.717) is 18.7 Å². The molecule has 1 N–H and O–H groups in total. The van der Waals surface area contributed by atoms with Crippen molar-refractivity contribution in [3.63, 3.8) is 0 Å². The SMILES string of the molecule is c1ccc(COCCCCC2CCCN2c2cncc(OCC3CCCN3)c2)cc1. The van der Waals surface area contributed by atoms with Crippen LogP contribution in [-0.2, 0) is 11.3 Å². The van der Waals surface area contributed by atoms with Crippen molar-refractivity contribution >= 4 is 5.69 Å². The summed E-state index contributed by atoms with van der Waals surface area (Å²) >= 11 is 0. The Hall–Kier alpha value is -2.11. The molecule has 0 spiro atoms. The van der Waals surface area contributed by atoms with Crippen molar-refractivity contribution in [3.8, 4) is 5.75 Å². The lowest BCUT2D eigenvalue weighted by atomic mass is 10.1. The first-order valence-corrected chi connectivity index (χ1v) is 11.6. The first-order valence-electron chi connectivity index (χ1n) is 11.6. The van der Waals surface area contributed by atoms with Gasteiger partial charge in [-0.1, -0.05) is 30.3 Å². The number of nitrogens with one attached hydrogen (secondary N) is 1. The fourth-order valence-electron chi connectivity index (χ4n) is 4.56. The maximum absolute atomic E-state index is 6.02. The zero-order valence-electron chi connectivity index (χ0n) is 18.0. The molecule has 2 aliphatic heterocycles. The quantitative estimate of drug-likeness (QED) is 0.551. The molecule has 2 saturated heterocycles. The Kier molecular flexibility index (Phi) is 7.98. The highest BCUT2D eigenvalue weighted by molar-refractivity contribution is 5.50. The summed E-state index contributed by atoms with van der Waals surface area (Å²) in [7, 11) is 0. The van der Waals surface area contributed by atoms with Crippen LogP contribution in [0.15, 0.2) is 48.8 Å². The third-order valence-electron chi connectivity index (χ3n) is 6.21. The van der Waals surface area contributed by atoms with Gasteiger partial charge in [-0.05, 0) is 57.1 Å². The molecule has 0 aliphatic carbocycles. The predicted molar refractivity (Wildman–Crippen MR) is 121 cm³/mol. The topological polar surface area (TPSA) is 46.6 Å². The number of hydrogen-bond donors (Lipinski definition) is 1. The molecule has 1 aromatic carbocycles. The average molecular weight is 410 g/mol. The highest BCUT2D eigenvalue weighted by atomic mass is 16.5. The molecule has 30 heavy (non-hydrogen) atoms. The molecule has 0 radical (unpaired) electrons. The summed E-state index contributed by atoms with van der Waals surface area (Å²) < 4.78 is 11.9. The average Bonchev–Trinajstić information content (AvgIpc) is 3.48. The lowest BCUT2D eigenvalue weighted by Gasteiger charge is -2.27. The van der Waals surface area contributed by atoms with Gasteiger partial charge in [-0.3, -0.25) is 4.98 Å². The normalized spacial score (nSPS) is 21.3. The number of rotatable bonds is 11. The lowest BCUT2D eigenvalue weighted by molar-refractivity contribution is 0.116. The van der Waals surface area contributed by atoms with Gasteiger partial charge in [-0.25, -0.2) is 0 Å². The standard InChI is InChI=1S/C25H35N3O2/c1-2-8-21(9-3-1)19-29-15-5-4-11-23-12-7-14-28(23)24-16-25(18-26-17-24)30-20-22-10-6-13-27-22/h1-3,8-9,16-18,22-23,27H,4-7,10-15,19-20H2. The van der Waals surface area contributed by atoms with Crippen LogP contribution in [0.5, 0.6) is 5.75 Å². The van der Waals surface area contributed by atoms with Crippen LogP contribution < -0.4 is 15.0 Å². The van der Waals surface area contributed by atoms with Crippen LogP contribution in [0.4, 0.5) is 5.69 Å². The molecule has 5 nitrogen and oxygen atoms in total. The van der Waals surface area contributed by atoms with Crippen LogP contribution in [0.1, 0.15) is 50.5 Å². The molecule has 1 aromatic heterocycles. The van der Waals surface area contributed by atoms with E-state index in [2.05, 4.69) is 45.5 Å². The minimum absolute atomic E-state index is 0.484. The van der Waals surface area contributed by atoms with Crippen molar-refractivity contribution in [2.45, 2.75) is 63.6 Å². The summed E-state index contributed by atoms with van der Waals surface area (Å²) in [6, 6.07) is 13.7. The van der Waals surface area contributed by atoms with Gasteiger partial charge in [0.05, 0.1) is 24.7 Å². The summed E-state index contributed by atoms with van der Waals surface area (Å²) in [5.74, 6) is 0.890. The molecule has 5 heteroatoms. The largest absolute Gasteiger partial charge is 0.490 e. The number of anilines is 1. The van der Waals surface area contributed by atoms with Crippen LogP contribution in [0.3, 0.4) is 0 Å². The van der Waals surface area contributed by atoms with Gasteiger partial charge < -0.3 is 19.7 Å². The maximum atomic E-state index is 6.02. The minimum Gasteiger partial charge on any atom is -0.490 e. The van der Waals surface area contributed by atoms with E-state index in [0.717, 1.165) is 38.5 Å². The fraction of sp³-hybridized carbons (Fsp3) is 0.560. The molecule has 2 atom stereocenters. The van der Waals surface area contributed by atoms with E-state index in [1.807, 2.05) is 18.5 Å². The molecule has 0 bridgehead atoms. The van der Waals surface area contributed by atoms with E-state index in [1.165, 1.54) is 49.8 Å². The first-order chi connectivity index (χ1) is 14.9. The van der Waals surface area contributed by atoms with Crippen LogP contribution >= 0.6 is 0 Å². The second-order valence-electron chi connectivity index (χ2n) is 8.51. The second kappa shape index (κ2) is 11.3. The Morgan fingerprint density at radius 1 is 1.07 bits per heavy atom. The van der Waals surface area contributed by atoms with Gasteiger partial charge >= 0.3 is 0 Å². The number of unbranched alkanes of at least 4 members (excludes halogenated alkanes) is 1. The Morgan fingerprint density at radius 3 is 2.87 bits per heavy atom. The maximum Gasteiger partial charge on any atom is 0.139 e. The third-order valence-corrected chi connectivity index (χ3v) is 6.21. The summed E-state index contributed by atoms with van der Waals surface area (Å²) in [5.41, 5.74) is 2.45. The third kappa shape index (κ3) is 6.19. The molecule has 2 aliphatic rings. The van der Waals surface area contributed by atoms with E-state index in [1.54, 1.807) is 0 Å². The summed E-state index contributed by atoms with van der Waals surface area (Å²) in [6.07, 6.45) is 12.3. The molecular formula is C25H35N3O2. The Labute approximate surface area is 180 Å². The van der Waals surface area contributed by atoms with Crippen LogP contribution in [0.25, 0.3) is 0 Å². The number of benzene rings is 1. The number of pyridine rings is 1. The van der Waals surface area contributed by atoms with Crippen molar-refractivity contribution in [1.82, 2.24) is 10.3 Å². The molecule has 3 heterocycles. The van der Waals surface area contributed by atoms with Crippen LogP contribution in [0.2, 0.25) is 0 Å². The van der Waals surface area contributed by atoms with E-state index in [9.17, 15) is 0 Å². The first kappa shape index (κ1) is 21.1. The number of nitrogens with zero attached hydrogens (tertiary/aromatic N) is 2. The molecule has 0 saturated carbocycles. The van der Waals surface area contributed by atoms with Crippen LogP contribution in [-0.4, -0.2) is 43.4 Å². The Bertz CT molecular complexity index is 749. The summed E-state index contributed by atoms with van der Waals surface area (Å²) in [6.45, 7) is 4.51. The lowest BCUT2D eigenvalue weighted by Crippen LogP contribution is -2.30. The molecule has 2 unspecified atom stereocenters. The van der Waals surface area contributed by atoms with Crippen molar-refractivity contribution in [1.29, 1.82) is 0 Å². The number of aromatic nitrogens is 1. The minimum atomic E-state index is 0.484. The van der Waals surface area contributed by atoms with Gasteiger partial charge in [0, 0.05) is 31.3 Å². The van der Waals surface area contributed by atoms with E-state index < -0.39 is 0 Å². The smallest absolute Gasteiger partial charge is 0.139 e. The zero-order valence-corrected chi connectivity index (χ0v) is 18.0. The zero-order chi connectivity index (χ0) is 20.4. The molecule has 2 aromatic rings. The van der Waals surface area contributed by atoms with E-state index >= 15 is 0 Å². The van der Waals surface area contributed by atoms with Gasteiger partial charge in [0.15, 0.2) is 0 Å². The summed E-state index contributed by atoms with van der Waals surface area (Å²) in [4.78, 5) is 6.98. The van der Waals surface area contributed by atoms with E-state index in [-0.39, 0.29) is 0 Å². The van der Waals surface area contributed by atoms with Gasteiger partial charge in [-0.15, -0.1) is 0 Å². The fourth-order valence-corrected chi connectivity index (χ4v) is 4.56. The predicted octanol–water partition coefficient (Wildman–Crippen LogP) is 4.57. The van der Waals surface area contributed by atoms with Crippen molar-refractivity contribution in [2.24, 2.45) is 0 Å². The highest BCUT2D eigenvalue weighted by Gasteiger charge is 2.25. The monoisotopic (exact) mass is 409 g/mol. The molecule has 162 valence electrons. The molecule has 4 rings (SSSR count). The molecular weight excluding hydrogens is 374 g/mol. The molecule has 0 amide bonds. The highest BCUT2D eigenvalue weighted by Crippen LogP contribution is 2.30. The van der Waals surface area contributed by atoms with E-state index in [4.69, 9.17) is 9.47 Å². The number of hydrogen-bond acceptors (Lipinski definition) is 5. The van der Waals surface area contributed by atoms with Crippen molar-refractivity contribution < 1.29 is 9.47 Å². The van der Waals surface area contributed by atoms with Gasteiger partial charge in [0.1, 0.15) is 12.4 Å². The molecule has 2 fully saturated rings. The summed E-state index contributed by atoms with van der Waals surface area (Å²) in [5, 5.41) is 3.48. The van der Waals surface area contributed by atoms with Gasteiger partial charge in [-0.2, -0.15) is 0 Å². The Balaban J connectivity index is 1.19. The van der Waals surface area contributed by atoms with Crippen molar-refractivity contribution in [3.05, 3.63) is 54.4 Å².